The van der Waals surface area contributed by atoms with Crippen molar-refractivity contribution in [1.82, 2.24) is 5.48 Å². The molecule has 122 valence electrons. The van der Waals surface area contributed by atoms with E-state index in [-0.39, 0.29) is 11.5 Å². The zero-order valence-electron chi connectivity index (χ0n) is 12.4. The highest BCUT2D eigenvalue weighted by molar-refractivity contribution is 7.87. The lowest BCUT2D eigenvalue weighted by Gasteiger charge is -2.09. The molecule has 2 rings (SSSR count). The topological polar surface area (TPSA) is 93.7 Å². The average molecular weight is 336 g/mol. The summed E-state index contributed by atoms with van der Waals surface area (Å²) in [6, 6.07) is 14.1. The molecule has 0 atom stereocenters. The van der Waals surface area contributed by atoms with Crippen LogP contribution < -0.4 is 19.8 Å². The molecule has 0 heterocycles. The van der Waals surface area contributed by atoms with E-state index in [9.17, 15) is 13.2 Å². The van der Waals surface area contributed by atoms with E-state index in [1.165, 1.54) is 31.2 Å². The highest BCUT2D eigenvalue weighted by Crippen LogP contribution is 2.17. The molecule has 0 saturated heterocycles. The summed E-state index contributed by atoms with van der Waals surface area (Å²) in [7, 11) is -3.57. The largest absolute Gasteiger partial charge is 0.382 e. The van der Waals surface area contributed by atoms with Gasteiger partial charge in [0.05, 0.1) is 5.75 Å². The number of benzene rings is 2. The monoisotopic (exact) mass is 336 g/mol. The Hall–Kier alpha value is -2.74. The van der Waals surface area contributed by atoms with Crippen molar-refractivity contribution < 1.29 is 22.2 Å². The molecule has 2 N–H and O–H groups in total. The van der Waals surface area contributed by atoms with Gasteiger partial charge in [0.2, 0.25) is 0 Å². The first-order valence-electron chi connectivity index (χ1n) is 6.79. The van der Waals surface area contributed by atoms with Gasteiger partial charge in [-0.15, -0.1) is 0 Å². The average Bonchev–Trinajstić information content (AvgIpc) is 2.55. The van der Waals surface area contributed by atoms with Gasteiger partial charge in [-0.1, -0.05) is 18.2 Å². The van der Waals surface area contributed by atoms with Gasteiger partial charge in [0, 0.05) is 5.69 Å². The lowest BCUT2D eigenvalue weighted by atomic mass is 10.3. The third-order valence-corrected chi connectivity index (χ3v) is 3.85. The molecule has 23 heavy (non-hydrogen) atoms. The molecule has 0 aliphatic heterocycles. The maximum Gasteiger partial charge on any atom is 0.352 e. The van der Waals surface area contributed by atoms with Gasteiger partial charge >= 0.3 is 16.1 Å². The Labute approximate surface area is 134 Å². The molecular weight excluding hydrogens is 320 g/mol. The van der Waals surface area contributed by atoms with Crippen LogP contribution in [0.15, 0.2) is 54.6 Å². The van der Waals surface area contributed by atoms with Gasteiger partial charge in [-0.3, -0.25) is 0 Å². The fourth-order valence-corrected chi connectivity index (χ4v) is 2.07. The number of carbonyl (C=O) groups excluding carboxylic acids is 1. The third-order valence-electron chi connectivity index (χ3n) is 2.69. The van der Waals surface area contributed by atoms with E-state index in [1.807, 2.05) is 6.07 Å². The molecule has 2 aromatic carbocycles. The SMILES string of the molecule is CCS(=O)(=O)Oc1ccc(NC(=O)NOc2ccccc2)cc1. The quantitative estimate of drug-likeness (QED) is 0.624. The Morgan fingerprint density at radius 1 is 1.00 bits per heavy atom. The maximum absolute atomic E-state index is 11.7. The predicted molar refractivity (Wildman–Crippen MR) is 85.8 cm³/mol. The zero-order chi connectivity index (χ0) is 16.7. The minimum Gasteiger partial charge on any atom is -0.382 e. The second-order valence-electron chi connectivity index (χ2n) is 4.43. The van der Waals surface area contributed by atoms with E-state index in [1.54, 1.807) is 24.3 Å². The molecular formula is C15H16N2O5S. The summed E-state index contributed by atoms with van der Waals surface area (Å²) in [4.78, 5) is 16.7. The van der Waals surface area contributed by atoms with Gasteiger partial charge in [0.1, 0.15) is 5.75 Å². The van der Waals surface area contributed by atoms with Crippen molar-refractivity contribution in [3.8, 4) is 11.5 Å². The summed E-state index contributed by atoms with van der Waals surface area (Å²) in [5.41, 5.74) is 2.69. The van der Waals surface area contributed by atoms with E-state index in [4.69, 9.17) is 9.02 Å². The normalized spacial score (nSPS) is 10.7. The van der Waals surface area contributed by atoms with Crippen LogP contribution in [0.4, 0.5) is 10.5 Å². The van der Waals surface area contributed by atoms with Crippen LogP contribution >= 0.6 is 0 Å². The Morgan fingerprint density at radius 2 is 1.65 bits per heavy atom. The van der Waals surface area contributed by atoms with Crippen LogP contribution in [-0.4, -0.2) is 20.2 Å². The molecule has 0 spiro atoms. The van der Waals surface area contributed by atoms with Crippen LogP contribution in [0.5, 0.6) is 11.5 Å². The number of carbonyl (C=O) groups is 1. The van der Waals surface area contributed by atoms with E-state index in [0.29, 0.717) is 11.4 Å². The molecule has 8 heteroatoms. The summed E-state index contributed by atoms with van der Waals surface area (Å²) < 4.78 is 27.5. The van der Waals surface area contributed by atoms with Crippen molar-refractivity contribution in [3.63, 3.8) is 0 Å². The summed E-state index contributed by atoms with van der Waals surface area (Å²) in [6.45, 7) is 1.49. The van der Waals surface area contributed by atoms with E-state index in [0.717, 1.165) is 0 Å². The fraction of sp³-hybridized carbons (Fsp3) is 0.133. The molecule has 0 aromatic heterocycles. The Kier molecular flexibility index (Phi) is 5.42. The summed E-state index contributed by atoms with van der Waals surface area (Å²) in [5, 5.41) is 2.54. The van der Waals surface area contributed by atoms with Crippen molar-refractivity contribution in [2.75, 3.05) is 11.1 Å². The lowest BCUT2D eigenvalue weighted by molar-refractivity contribution is 0.189. The Morgan fingerprint density at radius 3 is 2.26 bits per heavy atom. The Bertz CT molecular complexity index is 745. The molecule has 7 nitrogen and oxygen atoms in total. The summed E-state index contributed by atoms with van der Waals surface area (Å²) in [5.74, 6) is 0.557. The van der Waals surface area contributed by atoms with E-state index in [2.05, 4.69) is 10.8 Å². The highest BCUT2D eigenvalue weighted by Gasteiger charge is 2.09. The number of rotatable bonds is 6. The second kappa shape index (κ2) is 7.50. The van der Waals surface area contributed by atoms with E-state index >= 15 is 0 Å². The lowest BCUT2D eigenvalue weighted by Crippen LogP contribution is -2.31. The van der Waals surface area contributed by atoms with Crippen molar-refractivity contribution in [1.29, 1.82) is 0 Å². The number of para-hydroxylation sites is 1. The molecule has 2 amide bonds. The van der Waals surface area contributed by atoms with Gasteiger partial charge in [-0.2, -0.15) is 13.9 Å². The molecule has 0 bridgehead atoms. The molecule has 0 aliphatic carbocycles. The smallest absolute Gasteiger partial charge is 0.352 e. The van der Waals surface area contributed by atoms with Crippen LogP contribution in [0.1, 0.15) is 6.92 Å². The number of nitrogens with one attached hydrogen (secondary N) is 2. The van der Waals surface area contributed by atoms with Gasteiger partial charge in [0.25, 0.3) is 0 Å². The molecule has 0 saturated carbocycles. The second-order valence-corrected chi connectivity index (χ2v) is 6.28. The first kappa shape index (κ1) is 16.6. The molecule has 0 unspecified atom stereocenters. The number of hydroxylamine groups is 1. The maximum atomic E-state index is 11.7. The van der Waals surface area contributed by atoms with Crippen molar-refractivity contribution in [3.05, 3.63) is 54.6 Å². The van der Waals surface area contributed by atoms with Crippen LogP contribution in [0.25, 0.3) is 0 Å². The first-order chi connectivity index (χ1) is 11.0. The van der Waals surface area contributed by atoms with Crippen molar-refractivity contribution in [2.24, 2.45) is 0 Å². The minimum atomic E-state index is -3.57. The van der Waals surface area contributed by atoms with Crippen LogP contribution in [0.2, 0.25) is 0 Å². The number of anilines is 1. The molecule has 0 radical (unpaired) electrons. The molecule has 2 aromatic rings. The molecule has 0 fully saturated rings. The Balaban J connectivity index is 1.87. The third kappa shape index (κ3) is 5.51. The van der Waals surface area contributed by atoms with Gasteiger partial charge in [-0.25, -0.2) is 4.79 Å². The van der Waals surface area contributed by atoms with Crippen molar-refractivity contribution >= 4 is 21.8 Å². The standard InChI is InChI=1S/C15H16N2O5S/c1-2-23(19,20)22-14-10-8-12(9-11-14)16-15(18)17-21-13-6-4-3-5-7-13/h3-11H,2H2,1H3,(H2,16,17,18). The van der Waals surface area contributed by atoms with Crippen LogP contribution in [0.3, 0.4) is 0 Å². The summed E-state index contributed by atoms with van der Waals surface area (Å²) >= 11 is 0. The van der Waals surface area contributed by atoms with Gasteiger partial charge < -0.3 is 14.3 Å². The number of amides is 2. The summed E-state index contributed by atoms with van der Waals surface area (Å²) in [6.07, 6.45) is 0. The zero-order valence-corrected chi connectivity index (χ0v) is 13.2. The number of hydrogen-bond donors (Lipinski definition) is 2. The van der Waals surface area contributed by atoms with Gasteiger partial charge in [-0.05, 0) is 43.3 Å². The van der Waals surface area contributed by atoms with E-state index < -0.39 is 16.1 Å². The number of urea groups is 1. The highest BCUT2D eigenvalue weighted by atomic mass is 32.2. The fourth-order valence-electron chi connectivity index (χ4n) is 1.55. The minimum absolute atomic E-state index is 0.119. The number of hydrogen-bond acceptors (Lipinski definition) is 5. The van der Waals surface area contributed by atoms with Crippen LogP contribution in [0, 0.1) is 0 Å². The van der Waals surface area contributed by atoms with Crippen molar-refractivity contribution in [2.45, 2.75) is 6.92 Å². The predicted octanol–water partition coefficient (Wildman–Crippen LogP) is 2.53. The molecule has 0 aliphatic rings. The first-order valence-corrected chi connectivity index (χ1v) is 8.37. The van der Waals surface area contributed by atoms with Crippen LogP contribution in [-0.2, 0) is 10.1 Å². The van der Waals surface area contributed by atoms with Gasteiger partial charge in [0.15, 0.2) is 5.75 Å².